The summed E-state index contributed by atoms with van der Waals surface area (Å²) in [5, 5.41) is 1.14. The first-order valence-electron chi connectivity index (χ1n) is 10.8. The van der Waals surface area contributed by atoms with E-state index in [-0.39, 0.29) is 0 Å². The molecule has 0 radical (unpaired) electrons. The Morgan fingerprint density at radius 3 is 2.27 bits per heavy atom. The number of piperidine rings is 1. The second-order valence-electron chi connectivity index (χ2n) is 8.86. The van der Waals surface area contributed by atoms with Crippen LogP contribution in [-0.4, -0.2) is 27.6 Å². The molecule has 4 heteroatoms. The lowest BCUT2D eigenvalue weighted by molar-refractivity contribution is 0.356. The van der Waals surface area contributed by atoms with Crippen LogP contribution in [-0.2, 0) is 0 Å². The molecule has 1 aliphatic rings. The van der Waals surface area contributed by atoms with Gasteiger partial charge in [-0.2, -0.15) is 0 Å². The topological polar surface area (TPSA) is 34.0 Å². The molecule has 1 fully saturated rings. The van der Waals surface area contributed by atoms with E-state index in [1.54, 1.807) is 6.33 Å². The minimum Gasteiger partial charge on any atom is -0.355 e. The highest BCUT2D eigenvalue weighted by Crippen LogP contribution is 2.38. The van der Waals surface area contributed by atoms with E-state index in [2.05, 4.69) is 91.0 Å². The van der Waals surface area contributed by atoms with Crippen LogP contribution in [0, 0.1) is 18.8 Å². The van der Waals surface area contributed by atoms with Gasteiger partial charge in [0.25, 0.3) is 0 Å². The van der Waals surface area contributed by atoms with Crippen molar-refractivity contribution in [3.63, 3.8) is 0 Å². The van der Waals surface area contributed by atoms with E-state index in [9.17, 15) is 0 Å². The van der Waals surface area contributed by atoms with Crippen molar-refractivity contribution in [2.24, 2.45) is 11.8 Å². The number of hydrogen-bond acceptors (Lipinski definition) is 3. The van der Waals surface area contributed by atoms with Crippen LogP contribution in [0.4, 0.5) is 5.82 Å². The molecule has 3 heterocycles. The van der Waals surface area contributed by atoms with E-state index in [1.807, 2.05) is 0 Å². The lowest BCUT2D eigenvalue weighted by atomic mass is 9.91. The van der Waals surface area contributed by atoms with Gasteiger partial charge in [0.05, 0.1) is 5.39 Å². The summed E-state index contributed by atoms with van der Waals surface area (Å²) in [4.78, 5) is 12.0. The van der Waals surface area contributed by atoms with Crippen molar-refractivity contribution in [2.75, 3.05) is 18.0 Å². The molecule has 0 aliphatic carbocycles. The van der Waals surface area contributed by atoms with Gasteiger partial charge in [-0.05, 0) is 42.9 Å². The van der Waals surface area contributed by atoms with Crippen molar-refractivity contribution >= 4 is 16.9 Å². The normalized spacial score (nSPS) is 19.4. The van der Waals surface area contributed by atoms with Gasteiger partial charge in [-0.1, -0.05) is 61.9 Å². The second kappa shape index (κ2) is 7.60. The van der Waals surface area contributed by atoms with Crippen LogP contribution < -0.4 is 4.90 Å². The van der Waals surface area contributed by atoms with Crippen LogP contribution in [0.5, 0.6) is 0 Å². The first kappa shape index (κ1) is 18.9. The van der Waals surface area contributed by atoms with Crippen LogP contribution in [0.25, 0.3) is 27.8 Å². The van der Waals surface area contributed by atoms with Crippen molar-refractivity contribution in [2.45, 2.75) is 27.2 Å². The maximum absolute atomic E-state index is 4.81. The number of nitrogens with zero attached hydrogens (tertiary/aromatic N) is 4. The van der Waals surface area contributed by atoms with Crippen LogP contribution >= 0.6 is 0 Å². The summed E-state index contributed by atoms with van der Waals surface area (Å²) >= 11 is 0. The number of aromatic nitrogens is 3. The first-order chi connectivity index (χ1) is 14.6. The minimum absolute atomic E-state index is 0.665. The highest BCUT2D eigenvalue weighted by Gasteiger charge is 2.26. The lowest BCUT2D eigenvalue weighted by Crippen LogP contribution is -2.39. The SMILES string of the molecule is Cc1ccc(-n2cc(-c3ccccc3)c3c(N4CC(C)CC(C)C4)ncnc32)cc1. The summed E-state index contributed by atoms with van der Waals surface area (Å²) in [6.45, 7) is 8.89. The van der Waals surface area contributed by atoms with Crippen LogP contribution in [0.15, 0.2) is 67.1 Å². The Morgan fingerprint density at radius 1 is 0.867 bits per heavy atom. The van der Waals surface area contributed by atoms with E-state index in [0.717, 1.165) is 35.6 Å². The summed E-state index contributed by atoms with van der Waals surface area (Å²) in [5.41, 5.74) is 5.73. The highest BCUT2D eigenvalue weighted by atomic mass is 15.2. The summed E-state index contributed by atoms with van der Waals surface area (Å²) < 4.78 is 2.21. The average Bonchev–Trinajstić information content (AvgIpc) is 3.14. The van der Waals surface area contributed by atoms with E-state index in [4.69, 9.17) is 9.97 Å². The largest absolute Gasteiger partial charge is 0.355 e. The van der Waals surface area contributed by atoms with E-state index < -0.39 is 0 Å². The predicted octanol–water partition coefficient (Wildman–Crippen LogP) is 5.88. The van der Waals surface area contributed by atoms with Crippen molar-refractivity contribution in [3.05, 3.63) is 72.7 Å². The van der Waals surface area contributed by atoms with Gasteiger partial charge >= 0.3 is 0 Å². The molecule has 2 unspecified atom stereocenters. The Balaban J connectivity index is 1.75. The summed E-state index contributed by atoms with van der Waals surface area (Å²) in [5.74, 6) is 2.39. The van der Waals surface area contributed by atoms with Crippen molar-refractivity contribution in [3.8, 4) is 16.8 Å². The van der Waals surface area contributed by atoms with Gasteiger partial charge in [0.2, 0.25) is 0 Å². The van der Waals surface area contributed by atoms with Crippen LogP contribution in [0.1, 0.15) is 25.8 Å². The van der Waals surface area contributed by atoms with Gasteiger partial charge in [0, 0.05) is 30.5 Å². The summed E-state index contributed by atoms with van der Waals surface area (Å²) in [6, 6.07) is 19.2. The number of rotatable bonds is 3. The molecule has 4 aromatic rings. The third kappa shape index (κ3) is 3.36. The highest BCUT2D eigenvalue weighted by molar-refractivity contribution is 6.02. The molecule has 0 bridgehead atoms. The van der Waals surface area contributed by atoms with Gasteiger partial charge in [-0.3, -0.25) is 0 Å². The number of hydrogen-bond donors (Lipinski definition) is 0. The Hall–Kier alpha value is -3.14. The molecule has 1 saturated heterocycles. The minimum atomic E-state index is 0.665. The number of anilines is 1. The molecular weight excluding hydrogens is 368 g/mol. The monoisotopic (exact) mass is 396 g/mol. The van der Waals surface area contributed by atoms with E-state index >= 15 is 0 Å². The fourth-order valence-corrected chi connectivity index (χ4v) is 4.86. The van der Waals surface area contributed by atoms with Gasteiger partial charge in [-0.15, -0.1) is 0 Å². The standard InChI is InChI=1S/C26H28N4/c1-18-9-11-22(12-10-18)30-16-23(21-7-5-4-6-8-21)24-25(27-17-28-26(24)30)29-14-19(2)13-20(3)15-29/h4-12,16-17,19-20H,13-15H2,1-3H3. The van der Waals surface area contributed by atoms with Gasteiger partial charge in [-0.25, -0.2) is 9.97 Å². The number of aryl methyl sites for hydroxylation is 1. The Morgan fingerprint density at radius 2 is 1.57 bits per heavy atom. The first-order valence-corrected chi connectivity index (χ1v) is 10.8. The Kier molecular flexibility index (Phi) is 4.78. The zero-order valence-corrected chi connectivity index (χ0v) is 17.9. The van der Waals surface area contributed by atoms with Crippen LogP contribution in [0.3, 0.4) is 0 Å². The van der Waals surface area contributed by atoms with Gasteiger partial charge in [0.1, 0.15) is 12.1 Å². The molecule has 0 spiro atoms. The average molecular weight is 397 g/mol. The van der Waals surface area contributed by atoms with Crippen LogP contribution in [0.2, 0.25) is 0 Å². The Labute approximate surface area is 178 Å². The van der Waals surface area contributed by atoms with Crippen molar-refractivity contribution in [1.29, 1.82) is 0 Å². The molecule has 2 aromatic heterocycles. The predicted molar refractivity (Wildman–Crippen MR) is 124 cm³/mol. The molecule has 0 amide bonds. The molecule has 2 aromatic carbocycles. The zero-order valence-electron chi connectivity index (χ0n) is 17.9. The molecule has 0 saturated carbocycles. The molecule has 30 heavy (non-hydrogen) atoms. The maximum Gasteiger partial charge on any atom is 0.150 e. The third-order valence-electron chi connectivity index (χ3n) is 6.13. The quantitative estimate of drug-likeness (QED) is 0.434. The fourth-order valence-electron chi connectivity index (χ4n) is 4.86. The van der Waals surface area contributed by atoms with E-state index in [1.165, 1.54) is 23.1 Å². The van der Waals surface area contributed by atoms with E-state index in [0.29, 0.717) is 11.8 Å². The second-order valence-corrected chi connectivity index (χ2v) is 8.86. The molecule has 2 atom stereocenters. The molecular formula is C26H28N4. The van der Waals surface area contributed by atoms with Gasteiger partial charge < -0.3 is 9.47 Å². The lowest BCUT2D eigenvalue weighted by Gasteiger charge is -2.36. The fraction of sp³-hybridized carbons (Fsp3) is 0.308. The molecule has 5 rings (SSSR count). The molecule has 1 aliphatic heterocycles. The number of benzene rings is 2. The third-order valence-corrected chi connectivity index (χ3v) is 6.13. The molecule has 0 N–H and O–H groups in total. The number of fused-ring (bicyclic) bond motifs is 1. The Bertz CT molecular complexity index is 1150. The zero-order chi connectivity index (χ0) is 20.7. The molecule has 4 nitrogen and oxygen atoms in total. The van der Waals surface area contributed by atoms with Gasteiger partial charge in [0.15, 0.2) is 5.65 Å². The smallest absolute Gasteiger partial charge is 0.150 e. The van der Waals surface area contributed by atoms with Crippen molar-refractivity contribution < 1.29 is 0 Å². The summed E-state index contributed by atoms with van der Waals surface area (Å²) in [6.07, 6.45) is 5.22. The summed E-state index contributed by atoms with van der Waals surface area (Å²) in [7, 11) is 0. The van der Waals surface area contributed by atoms with Crippen molar-refractivity contribution in [1.82, 2.24) is 14.5 Å². The molecule has 152 valence electrons. The maximum atomic E-state index is 4.81.